The van der Waals surface area contributed by atoms with Crippen LogP contribution >= 0.6 is 24.2 Å². The molecule has 0 bridgehead atoms. The van der Waals surface area contributed by atoms with Crippen LogP contribution in [0.15, 0.2) is 60.7 Å². The lowest BCUT2D eigenvalue weighted by Crippen LogP contribution is -2.47. The Hall–Kier alpha value is -1.49. The molecule has 0 aliphatic carbocycles. The zero-order chi connectivity index (χ0) is 17.8. The van der Waals surface area contributed by atoms with E-state index in [9.17, 15) is 4.79 Å². The van der Waals surface area contributed by atoms with E-state index in [2.05, 4.69) is 19.1 Å². The van der Waals surface area contributed by atoms with Crippen molar-refractivity contribution in [1.29, 1.82) is 0 Å². The number of carbonyl (C=O) groups excluding carboxylic acids is 1. The molecule has 4 atom stereocenters. The van der Waals surface area contributed by atoms with Crippen LogP contribution in [-0.4, -0.2) is 28.4 Å². The highest BCUT2D eigenvalue weighted by atomic mass is 35.5. The molecule has 2 aromatic carbocycles. The first-order chi connectivity index (χ1) is 12.1. The van der Waals surface area contributed by atoms with E-state index in [0.717, 1.165) is 17.9 Å². The second kappa shape index (κ2) is 9.45. The molecule has 3 rings (SSSR count). The number of hydrogen-bond acceptors (Lipinski definition) is 3. The van der Waals surface area contributed by atoms with E-state index in [4.69, 9.17) is 5.73 Å². The van der Waals surface area contributed by atoms with Gasteiger partial charge in [-0.25, -0.2) is 0 Å². The average Bonchev–Trinajstić information content (AvgIpc) is 2.67. The van der Waals surface area contributed by atoms with Crippen molar-refractivity contribution in [3.05, 3.63) is 71.8 Å². The first kappa shape index (κ1) is 20.8. The third-order valence-corrected chi connectivity index (χ3v) is 6.23. The number of hydrogen-bond donors (Lipinski definition) is 1. The maximum absolute atomic E-state index is 13.3. The standard InChI is InChI=1S/C21H26N2OS.ClH/c1-15(19(22)17-9-5-3-6-10-17)21(24)23-13-14-25-16(2)20(23)18-11-7-4-8-12-18;/h3-12,15-16,19-20H,13-14,22H2,1-2H3;1H. The predicted molar refractivity (Wildman–Crippen MR) is 113 cm³/mol. The fraction of sp³-hybridized carbons (Fsp3) is 0.381. The molecule has 0 radical (unpaired) electrons. The van der Waals surface area contributed by atoms with Gasteiger partial charge in [-0.05, 0) is 11.1 Å². The maximum Gasteiger partial charge on any atom is 0.227 e. The number of thioether (sulfide) groups is 1. The van der Waals surface area contributed by atoms with Crippen LogP contribution in [0.25, 0.3) is 0 Å². The van der Waals surface area contributed by atoms with Gasteiger partial charge < -0.3 is 10.6 Å². The lowest BCUT2D eigenvalue weighted by Gasteiger charge is -2.42. The first-order valence-corrected chi connectivity index (χ1v) is 9.92. The maximum atomic E-state index is 13.3. The molecule has 2 aromatic rings. The molecule has 1 aliphatic heterocycles. The third-order valence-electron chi connectivity index (χ3n) is 5.03. The largest absolute Gasteiger partial charge is 0.333 e. The van der Waals surface area contributed by atoms with Gasteiger partial charge in [0, 0.05) is 23.6 Å². The smallest absolute Gasteiger partial charge is 0.227 e. The summed E-state index contributed by atoms with van der Waals surface area (Å²) in [7, 11) is 0. The number of rotatable bonds is 4. The van der Waals surface area contributed by atoms with Crippen molar-refractivity contribution in [2.24, 2.45) is 11.7 Å². The topological polar surface area (TPSA) is 46.3 Å². The van der Waals surface area contributed by atoms with Crippen molar-refractivity contribution in [1.82, 2.24) is 4.90 Å². The van der Waals surface area contributed by atoms with Crippen LogP contribution in [0, 0.1) is 5.92 Å². The summed E-state index contributed by atoms with van der Waals surface area (Å²) in [5, 5.41) is 0.375. The summed E-state index contributed by atoms with van der Waals surface area (Å²) < 4.78 is 0. The molecule has 1 aliphatic rings. The second-order valence-corrected chi connectivity index (χ2v) is 8.17. The van der Waals surface area contributed by atoms with Crippen molar-refractivity contribution in [3.8, 4) is 0 Å². The number of carbonyl (C=O) groups is 1. The zero-order valence-corrected chi connectivity index (χ0v) is 16.9. The molecule has 1 heterocycles. The molecule has 0 saturated carbocycles. The Labute approximate surface area is 166 Å². The van der Waals surface area contributed by atoms with Gasteiger partial charge in [0.05, 0.1) is 12.0 Å². The van der Waals surface area contributed by atoms with Crippen molar-refractivity contribution in [2.45, 2.75) is 31.2 Å². The third kappa shape index (κ3) is 4.43. The van der Waals surface area contributed by atoms with E-state index in [-0.39, 0.29) is 36.3 Å². The molecule has 0 aromatic heterocycles. The van der Waals surface area contributed by atoms with Gasteiger partial charge in [-0.1, -0.05) is 74.5 Å². The lowest BCUT2D eigenvalue weighted by molar-refractivity contribution is -0.138. The van der Waals surface area contributed by atoms with E-state index < -0.39 is 0 Å². The van der Waals surface area contributed by atoms with Gasteiger partial charge in [0.2, 0.25) is 5.91 Å². The summed E-state index contributed by atoms with van der Waals surface area (Å²) >= 11 is 1.93. The summed E-state index contributed by atoms with van der Waals surface area (Å²) in [5.41, 5.74) is 8.63. The van der Waals surface area contributed by atoms with E-state index in [1.807, 2.05) is 72.1 Å². The highest BCUT2D eigenvalue weighted by molar-refractivity contribution is 8.00. The molecule has 3 nitrogen and oxygen atoms in total. The minimum Gasteiger partial charge on any atom is -0.333 e. The Kier molecular flexibility index (Phi) is 7.56. The number of nitrogens with zero attached hydrogens (tertiary/aromatic N) is 1. The monoisotopic (exact) mass is 390 g/mol. The molecule has 1 saturated heterocycles. The second-order valence-electron chi connectivity index (χ2n) is 6.69. The molecule has 2 N–H and O–H groups in total. The fourth-order valence-corrected chi connectivity index (χ4v) is 4.71. The minimum atomic E-state index is -0.282. The number of nitrogens with two attached hydrogens (primary N) is 1. The number of halogens is 1. The Morgan fingerprint density at radius 2 is 1.69 bits per heavy atom. The Balaban J connectivity index is 0.00000243. The number of benzene rings is 2. The Morgan fingerprint density at radius 3 is 2.31 bits per heavy atom. The van der Waals surface area contributed by atoms with Gasteiger partial charge in [-0.3, -0.25) is 4.79 Å². The molecular formula is C21H27ClN2OS. The first-order valence-electron chi connectivity index (χ1n) is 8.87. The normalized spacial score (nSPS) is 22.2. The van der Waals surface area contributed by atoms with Crippen molar-refractivity contribution in [3.63, 3.8) is 0 Å². The summed E-state index contributed by atoms with van der Waals surface area (Å²) in [6.07, 6.45) is 0. The quantitative estimate of drug-likeness (QED) is 0.838. The summed E-state index contributed by atoms with van der Waals surface area (Å²) in [6.45, 7) is 4.94. The van der Waals surface area contributed by atoms with Gasteiger partial charge >= 0.3 is 0 Å². The molecule has 140 valence electrons. The summed E-state index contributed by atoms with van der Waals surface area (Å²) in [5.74, 6) is 0.880. The van der Waals surface area contributed by atoms with Crippen LogP contribution in [0.1, 0.15) is 37.1 Å². The van der Waals surface area contributed by atoms with Gasteiger partial charge in [0.15, 0.2) is 0 Å². The van der Waals surface area contributed by atoms with E-state index >= 15 is 0 Å². The van der Waals surface area contributed by atoms with Gasteiger partial charge in [0.1, 0.15) is 0 Å². The van der Waals surface area contributed by atoms with Crippen molar-refractivity contribution in [2.75, 3.05) is 12.3 Å². The SMILES string of the molecule is CC1SCCN(C(=O)C(C)C(N)c2ccccc2)C1c1ccccc1.Cl. The minimum absolute atomic E-state index is 0. The van der Waals surface area contributed by atoms with Crippen molar-refractivity contribution < 1.29 is 4.79 Å². The molecule has 26 heavy (non-hydrogen) atoms. The van der Waals surface area contributed by atoms with E-state index in [1.165, 1.54) is 5.56 Å². The van der Waals surface area contributed by atoms with Crippen molar-refractivity contribution >= 4 is 30.1 Å². The van der Waals surface area contributed by atoms with Gasteiger partial charge in [-0.15, -0.1) is 12.4 Å². The molecule has 0 spiro atoms. The zero-order valence-electron chi connectivity index (χ0n) is 15.2. The predicted octanol–water partition coefficient (Wildman–Crippen LogP) is 4.45. The van der Waals surface area contributed by atoms with Crippen LogP contribution in [0.2, 0.25) is 0 Å². The molecule has 1 fully saturated rings. The average molecular weight is 391 g/mol. The Bertz CT molecular complexity index is 698. The highest BCUT2D eigenvalue weighted by Gasteiger charge is 2.36. The molecule has 1 amide bonds. The number of amides is 1. The van der Waals surface area contributed by atoms with Crippen LogP contribution in [0.4, 0.5) is 0 Å². The molecule has 5 heteroatoms. The van der Waals surface area contributed by atoms with Crippen LogP contribution in [-0.2, 0) is 4.79 Å². The lowest BCUT2D eigenvalue weighted by atomic mass is 9.92. The summed E-state index contributed by atoms with van der Waals surface area (Å²) in [4.78, 5) is 15.3. The summed E-state index contributed by atoms with van der Waals surface area (Å²) in [6, 6.07) is 20.1. The van der Waals surface area contributed by atoms with E-state index in [0.29, 0.717) is 5.25 Å². The Morgan fingerprint density at radius 1 is 1.12 bits per heavy atom. The van der Waals surface area contributed by atoms with Crippen LogP contribution in [0.3, 0.4) is 0 Å². The molecular weight excluding hydrogens is 364 g/mol. The fourth-order valence-electron chi connectivity index (χ4n) is 3.55. The highest BCUT2D eigenvalue weighted by Crippen LogP contribution is 2.37. The van der Waals surface area contributed by atoms with E-state index in [1.54, 1.807) is 0 Å². The van der Waals surface area contributed by atoms with Gasteiger partial charge in [-0.2, -0.15) is 11.8 Å². The molecule has 4 unspecified atom stereocenters. The van der Waals surface area contributed by atoms with Crippen LogP contribution < -0.4 is 5.73 Å². The van der Waals surface area contributed by atoms with Crippen LogP contribution in [0.5, 0.6) is 0 Å². The van der Waals surface area contributed by atoms with Gasteiger partial charge in [0.25, 0.3) is 0 Å².